The molecule has 0 saturated heterocycles. The molecule has 0 fully saturated rings. The summed E-state index contributed by atoms with van der Waals surface area (Å²) in [4.78, 5) is 27.6. The Morgan fingerprint density at radius 1 is 0.967 bits per heavy atom. The lowest BCUT2D eigenvalue weighted by atomic mass is 10.1. The second kappa shape index (κ2) is 8.31. The number of aromatic amines is 2. The summed E-state index contributed by atoms with van der Waals surface area (Å²) in [6.07, 6.45) is 1.33. The van der Waals surface area contributed by atoms with Gasteiger partial charge in [-0.1, -0.05) is 17.7 Å². The number of aromatic nitrogens is 2. The molecular formula is C20H17N2O7S+. The topological polar surface area (TPSA) is 152 Å². The number of H-pyrrole nitrogens is 2. The Balaban J connectivity index is 0.000000199. The highest BCUT2D eigenvalue weighted by Gasteiger charge is 2.14. The zero-order chi connectivity index (χ0) is 21.9. The Kier molecular flexibility index (Phi) is 5.81. The zero-order valence-corrected chi connectivity index (χ0v) is 16.4. The fourth-order valence-corrected chi connectivity index (χ4v) is 2.99. The Bertz CT molecular complexity index is 1370. The lowest BCUT2D eigenvalue weighted by molar-refractivity contribution is -0.399. The van der Waals surface area contributed by atoms with Gasteiger partial charge in [-0.25, -0.2) is 9.78 Å². The standard InChI is InChI=1S/C13H8N2O4.C7H8O3S/c16-8-3-1-7-2-4-10(19-11(7)5-8)9-6-14-13(18)15-12(9)17;1-6-2-4-7(5-3-6)11(8,9)10/h1-6H,(H2,14,15,17,18);2-5H,1H3,(H,8,9,10)/p+1. The van der Waals surface area contributed by atoms with Gasteiger partial charge in [-0.3, -0.25) is 9.35 Å². The highest BCUT2D eigenvalue weighted by Crippen LogP contribution is 2.25. The van der Waals surface area contributed by atoms with E-state index in [0.29, 0.717) is 11.5 Å². The zero-order valence-electron chi connectivity index (χ0n) is 15.6. The maximum Gasteiger partial charge on any atom is 0.451 e. The molecule has 0 atom stereocenters. The molecule has 0 amide bonds. The van der Waals surface area contributed by atoms with E-state index in [2.05, 4.69) is 9.97 Å². The summed E-state index contributed by atoms with van der Waals surface area (Å²) in [6, 6.07) is 13.5. The van der Waals surface area contributed by atoms with Gasteiger partial charge in [0.2, 0.25) is 0 Å². The predicted octanol–water partition coefficient (Wildman–Crippen LogP) is 1.86. The number of aromatic hydroxyl groups is 1. The number of hydrogen-bond donors (Lipinski definition) is 3. The molecule has 154 valence electrons. The summed E-state index contributed by atoms with van der Waals surface area (Å²) in [5, 5.41) is 9.11. The number of nitrogens with one attached hydrogen (secondary N) is 2. The van der Waals surface area contributed by atoms with E-state index in [-0.39, 0.29) is 21.9 Å². The van der Waals surface area contributed by atoms with Gasteiger partial charge in [0.05, 0.1) is 4.90 Å². The van der Waals surface area contributed by atoms with E-state index < -0.39 is 15.7 Å². The molecule has 0 radical (unpaired) electrons. The Labute approximate surface area is 170 Å². The van der Waals surface area contributed by atoms with Crippen molar-refractivity contribution in [2.24, 2.45) is 0 Å². The van der Waals surface area contributed by atoms with Crippen LogP contribution < -0.4 is 16.0 Å². The average molecular weight is 429 g/mol. The van der Waals surface area contributed by atoms with Gasteiger partial charge in [0.15, 0.2) is 5.43 Å². The molecule has 4 N–H and O–H groups in total. The molecule has 2 heterocycles. The third kappa shape index (κ3) is 4.99. The molecule has 1 aromatic heterocycles. The normalized spacial score (nSPS) is 11.0. The number of fused-ring (bicyclic) bond motifs is 1. The summed E-state index contributed by atoms with van der Waals surface area (Å²) in [6.45, 7) is 1.84. The van der Waals surface area contributed by atoms with Crippen molar-refractivity contribution in [2.45, 2.75) is 11.8 Å². The van der Waals surface area contributed by atoms with Crippen LogP contribution in [0.4, 0.5) is 0 Å². The van der Waals surface area contributed by atoms with Gasteiger partial charge >= 0.3 is 11.6 Å². The maximum atomic E-state index is 11.7. The molecule has 1 aliphatic heterocycles. The number of rotatable bonds is 2. The van der Waals surface area contributed by atoms with Crippen molar-refractivity contribution in [3.8, 4) is 28.7 Å². The van der Waals surface area contributed by atoms with Gasteiger partial charge < -0.3 is 9.52 Å². The summed E-state index contributed by atoms with van der Waals surface area (Å²) in [5.41, 5.74) is 1.30. The minimum Gasteiger partial charge on any atom is -0.456 e. The van der Waals surface area contributed by atoms with Crippen molar-refractivity contribution in [1.82, 2.24) is 4.98 Å². The minimum absolute atomic E-state index is 0.0666. The number of benzene rings is 2. The van der Waals surface area contributed by atoms with E-state index in [1.165, 1.54) is 30.5 Å². The van der Waals surface area contributed by atoms with Crippen LogP contribution >= 0.6 is 0 Å². The molecule has 2 aliphatic rings. The molecule has 10 heteroatoms. The third-order valence-electron chi connectivity index (χ3n) is 4.03. The van der Waals surface area contributed by atoms with E-state index in [0.717, 1.165) is 11.1 Å². The van der Waals surface area contributed by atoms with Crippen LogP contribution in [0, 0.1) is 6.92 Å². The largest absolute Gasteiger partial charge is 0.456 e. The SMILES string of the molecule is Cc1ccc(S(=O)(=O)O)cc1.O=c1ccc2ccc(-c3c[nH+]c(O)[nH]c3=O)oc-2c1. The van der Waals surface area contributed by atoms with E-state index >= 15 is 0 Å². The Hall–Kier alpha value is -3.76. The van der Waals surface area contributed by atoms with Crippen molar-refractivity contribution in [2.75, 3.05) is 0 Å². The van der Waals surface area contributed by atoms with Crippen molar-refractivity contribution in [3.05, 3.63) is 86.9 Å². The third-order valence-corrected chi connectivity index (χ3v) is 4.90. The lowest BCUT2D eigenvalue weighted by Gasteiger charge is -2.05. The second-order valence-corrected chi connectivity index (χ2v) is 7.71. The maximum absolute atomic E-state index is 11.7. The molecule has 0 spiro atoms. The van der Waals surface area contributed by atoms with Crippen LogP contribution in [-0.4, -0.2) is 23.1 Å². The first-order valence-electron chi connectivity index (χ1n) is 8.56. The second-order valence-electron chi connectivity index (χ2n) is 6.29. The quantitative estimate of drug-likeness (QED) is 0.411. The van der Waals surface area contributed by atoms with E-state index in [4.69, 9.17) is 14.1 Å². The summed E-state index contributed by atoms with van der Waals surface area (Å²) < 4.78 is 35.1. The van der Waals surface area contributed by atoms with Crippen LogP contribution in [0.3, 0.4) is 0 Å². The molecule has 30 heavy (non-hydrogen) atoms. The van der Waals surface area contributed by atoms with Crippen molar-refractivity contribution >= 4 is 10.1 Å². The Morgan fingerprint density at radius 3 is 2.27 bits per heavy atom. The smallest absolute Gasteiger partial charge is 0.451 e. The predicted molar refractivity (Wildman–Crippen MR) is 107 cm³/mol. The Morgan fingerprint density at radius 2 is 1.63 bits per heavy atom. The van der Waals surface area contributed by atoms with E-state index in [1.807, 2.05) is 6.92 Å². The van der Waals surface area contributed by atoms with Crippen LogP contribution in [0.5, 0.6) is 6.01 Å². The van der Waals surface area contributed by atoms with Crippen molar-refractivity contribution < 1.29 is 27.5 Å². The van der Waals surface area contributed by atoms with E-state index in [9.17, 15) is 18.0 Å². The van der Waals surface area contributed by atoms with Gasteiger partial charge in [-0.15, -0.1) is 0 Å². The molecule has 1 aromatic carbocycles. The van der Waals surface area contributed by atoms with Crippen molar-refractivity contribution in [1.29, 1.82) is 0 Å². The van der Waals surface area contributed by atoms with Crippen molar-refractivity contribution in [3.63, 3.8) is 0 Å². The molecule has 0 saturated carbocycles. The molecule has 0 unspecified atom stereocenters. The van der Waals surface area contributed by atoms with Gasteiger partial charge in [0.1, 0.15) is 23.3 Å². The molecule has 1 aliphatic carbocycles. The van der Waals surface area contributed by atoms with Gasteiger partial charge in [-0.05, 0) is 43.3 Å². The first-order chi connectivity index (χ1) is 14.1. The minimum atomic E-state index is -4.02. The lowest BCUT2D eigenvalue weighted by Crippen LogP contribution is -2.17. The van der Waals surface area contributed by atoms with Crippen LogP contribution in [0.2, 0.25) is 0 Å². The summed E-state index contributed by atoms with van der Waals surface area (Å²) >= 11 is 0. The highest BCUT2D eigenvalue weighted by molar-refractivity contribution is 7.85. The molecular weight excluding hydrogens is 412 g/mol. The van der Waals surface area contributed by atoms with Crippen LogP contribution in [0.15, 0.2) is 79.7 Å². The fourth-order valence-electron chi connectivity index (χ4n) is 2.51. The molecule has 2 aromatic rings. The number of hydrogen-bond acceptors (Lipinski definition) is 6. The molecule has 9 nitrogen and oxygen atoms in total. The monoisotopic (exact) mass is 429 g/mol. The van der Waals surface area contributed by atoms with E-state index in [1.54, 1.807) is 30.3 Å². The molecule has 0 bridgehead atoms. The molecule has 4 rings (SSSR count). The number of aryl methyl sites for hydroxylation is 1. The average Bonchev–Trinajstić information content (AvgIpc) is 2.67. The highest BCUT2D eigenvalue weighted by atomic mass is 32.2. The first kappa shape index (κ1) is 21.0. The van der Waals surface area contributed by atoms with Crippen LogP contribution in [0.1, 0.15) is 5.56 Å². The first-order valence-corrected chi connectivity index (χ1v) is 10.00. The fraction of sp³-hybridized carbons (Fsp3) is 0.0500. The van der Waals surface area contributed by atoms with Crippen LogP contribution in [-0.2, 0) is 10.1 Å². The van der Waals surface area contributed by atoms with Gasteiger partial charge in [0, 0.05) is 11.6 Å². The van der Waals surface area contributed by atoms with Gasteiger partial charge in [-0.2, -0.15) is 13.4 Å². The summed E-state index contributed by atoms with van der Waals surface area (Å²) in [5.74, 6) is 0.702. The van der Waals surface area contributed by atoms with Crippen LogP contribution in [0.25, 0.3) is 22.6 Å². The summed E-state index contributed by atoms with van der Waals surface area (Å²) in [7, 11) is -4.02. The van der Waals surface area contributed by atoms with Gasteiger partial charge in [0.25, 0.3) is 10.1 Å².